The van der Waals surface area contributed by atoms with Crippen LogP contribution in [0.1, 0.15) is 37.7 Å². The zero-order valence-corrected chi connectivity index (χ0v) is 18.7. The van der Waals surface area contributed by atoms with Crippen molar-refractivity contribution in [1.29, 1.82) is 0 Å². The number of carboxylic acid groups (broad SMARTS) is 2. The van der Waals surface area contributed by atoms with Gasteiger partial charge < -0.3 is 25.7 Å². The van der Waals surface area contributed by atoms with Crippen LogP contribution in [0.15, 0.2) is 18.2 Å². The Hall–Kier alpha value is -1.42. The SMILES string of the molecule is Clc1cc(Cl)cc(CN(C[C@@H]2CCNC2)C2CCCC2)c1.O=C(O)[C@H](O)[C@@H](O)C(=O)O. The summed E-state index contributed by atoms with van der Waals surface area (Å²) in [5, 5.41) is 37.5. The van der Waals surface area contributed by atoms with Gasteiger partial charge in [-0.2, -0.15) is 0 Å². The molecule has 0 unspecified atom stereocenters. The number of nitrogens with one attached hydrogen (secondary N) is 1. The van der Waals surface area contributed by atoms with E-state index in [1.54, 1.807) is 0 Å². The highest BCUT2D eigenvalue weighted by atomic mass is 35.5. The molecule has 5 N–H and O–H groups in total. The Kier molecular flexibility index (Phi) is 10.5. The van der Waals surface area contributed by atoms with E-state index in [0.29, 0.717) is 0 Å². The number of halogens is 2. The number of hydrogen-bond acceptors (Lipinski definition) is 6. The minimum absolute atomic E-state index is 0.739. The van der Waals surface area contributed by atoms with E-state index in [9.17, 15) is 9.59 Å². The van der Waals surface area contributed by atoms with Crippen LogP contribution < -0.4 is 5.32 Å². The van der Waals surface area contributed by atoms with Crippen LogP contribution in [0.3, 0.4) is 0 Å². The number of carbonyl (C=O) groups is 2. The number of rotatable bonds is 8. The van der Waals surface area contributed by atoms with Crippen LogP contribution in [0.25, 0.3) is 0 Å². The molecule has 10 heteroatoms. The number of carboxylic acids is 2. The molecule has 0 bridgehead atoms. The highest BCUT2D eigenvalue weighted by molar-refractivity contribution is 6.34. The van der Waals surface area contributed by atoms with E-state index in [2.05, 4.69) is 22.3 Å². The molecule has 3 atom stereocenters. The van der Waals surface area contributed by atoms with Gasteiger partial charge in [-0.1, -0.05) is 36.0 Å². The van der Waals surface area contributed by atoms with E-state index in [4.69, 9.17) is 43.6 Å². The van der Waals surface area contributed by atoms with Gasteiger partial charge in [0.1, 0.15) is 0 Å². The smallest absolute Gasteiger partial charge is 0.335 e. The van der Waals surface area contributed by atoms with Crippen LogP contribution in [0.2, 0.25) is 10.0 Å². The molecule has 0 amide bonds. The van der Waals surface area contributed by atoms with Gasteiger partial charge in [0.05, 0.1) is 0 Å². The van der Waals surface area contributed by atoms with Crippen LogP contribution in [-0.4, -0.2) is 75.1 Å². The van der Waals surface area contributed by atoms with E-state index in [0.717, 1.165) is 28.5 Å². The van der Waals surface area contributed by atoms with Gasteiger partial charge in [-0.3, -0.25) is 4.90 Å². The first-order chi connectivity index (χ1) is 14.7. The lowest BCUT2D eigenvalue weighted by Gasteiger charge is -2.31. The zero-order valence-electron chi connectivity index (χ0n) is 17.2. The van der Waals surface area contributed by atoms with Crippen molar-refractivity contribution in [3.8, 4) is 0 Å². The van der Waals surface area contributed by atoms with Crippen LogP contribution in [0, 0.1) is 5.92 Å². The second-order valence-corrected chi connectivity index (χ2v) is 8.94. The topological polar surface area (TPSA) is 130 Å². The molecule has 3 rings (SSSR count). The molecular formula is C21H30Cl2N2O6. The molecule has 2 aliphatic rings. The standard InChI is InChI=1S/C17H24Cl2N2.C4H6O6/c18-15-7-14(8-16(19)9-15)12-21(17-3-1-2-4-17)11-13-5-6-20-10-13;5-1(3(7)8)2(6)4(9)10/h7-9,13,17,20H,1-6,10-12H2;1-2,5-6H,(H,7,8)(H,9,10)/t13-;1-,2-/m11/s1. The highest BCUT2D eigenvalue weighted by Crippen LogP contribution is 2.28. The molecule has 1 saturated carbocycles. The molecule has 1 aliphatic heterocycles. The monoisotopic (exact) mass is 476 g/mol. The Morgan fingerprint density at radius 2 is 1.55 bits per heavy atom. The fourth-order valence-electron chi connectivity index (χ4n) is 4.02. The largest absolute Gasteiger partial charge is 0.479 e. The third-order valence-corrected chi connectivity index (χ3v) is 6.05. The number of nitrogens with zero attached hydrogens (tertiary/aromatic N) is 1. The second kappa shape index (κ2) is 12.6. The van der Waals surface area contributed by atoms with Crippen LogP contribution >= 0.6 is 23.2 Å². The highest BCUT2D eigenvalue weighted by Gasteiger charge is 2.29. The molecule has 31 heavy (non-hydrogen) atoms. The van der Waals surface area contributed by atoms with Gasteiger partial charge in [-0.25, -0.2) is 9.59 Å². The minimum atomic E-state index is -2.27. The summed E-state index contributed by atoms with van der Waals surface area (Å²) >= 11 is 12.3. The normalized spacial score (nSPS) is 20.9. The Morgan fingerprint density at radius 3 is 2.00 bits per heavy atom. The summed E-state index contributed by atoms with van der Waals surface area (Å²) in [6.45, 7) is 4.51. The molecular weight excluding hydrogens is 447 g/mol. The van der Waals surface area contributed by atoms with E-state index in [1.807, 2.05) is 6.07 Å². The molecule has 1 aromatic rings. The van der Waals surface area contributed by atoms with E-state index < -0.39 is 24.1 Å². The van der Waals surface area contributed by atoms with E-state index in [1.165, 1.54) is 57.3 Å². The Morgan fingerprint density at radius 1 is 1.00 bits per heavy atom. The third kappa shape index (κ3) is 8.56. The fourth-order valence-corrected chi connectivity index (χ4v) is 4.59. The van der Waals surface area contributed by atoms with Crippen molar-refractivity contribution >= 4 is 35.1 Å². The third-order valence-electron chi connectivity index (χ3n) is 5.61. The molecule has 1 aliphatic carbocycles. The second-order valence-electron chi connectivity index (χ2n) is 8.07. The van der Waals surface area contributed by atoms with Gasteiger partial charge in [-0.05, 0) is 62.0 Å². The molecule has 174 valence electrons. The lowest BCUT2D eigenvalue weighted by atomic mass is 10.1. The summed E-state index contributed by atoms with van der Waals surface area (Å²) in [6, 6.07) is 6.67. The average Bonchev–Trinajstić information content (AvgIpc) is 3.40. The maximum atomic E-state index is 9.77. The van der Waals surface area contributed by atoms with E-state index >= 15 is 0 Å². The molecule has 0 spiro atoms. The molecule has 8 nitrogen and oxygen atoms in total. The van der Waals surface area contributed by atoms with Crippen molar-refractivity contribution in [3.05, 3.63) is 33.8 Å². The Bertz CT molecular complexity index is 700. The van der Waals surface area contributed by atoms with Gasteiger partial charge in [0.2, 0.25) is 0 Å². The Balaban J connectivity index is 0.000000291. The van der Waals surface area contributed by atoms with Crippen molar-refractivity contribution < 1.29 is 30.0 Å². The molecule has 1 saturated heterocycles. The Labute approximate surface area is 191 Å². The first-order valence-corrected chi connectivity index (χ1v) is 11.1. The maximum absolute atomic E-state index is 9.77. The number of hydrogen-bond donors (Lipinski definition) is 5. The van der Waals surface area contributed by atoms with Crippen LogP contribution in [-0.2, 0) is 16.1 Å². The lowest BCUT2D eigenvalue weighted by Crippen LogP contribution is -2.39. The first-order valence-electron chi connectivity index (χ1n) is 10.4. The quantitative estimate of drug-likeness (QED) is 0.386. The van der Waals surface area contributed by atoms with Gasteiger partial charge in [0.25, 0.3) is 0 Å². The van der Waals surface area contributed by atoms with E-state index in [-0.39, 0.29) is 0 Å². The molecule has 0 radical (unpaired) electrons. The summed E-state index contributed by atoms with van der Waals surface area (Å²) < 4.78 is 0. The predicted molar refractivity (Wildman–Crippen MR) is 117 cm³/mol. The number of aliphatic carboxylic acids is 2. The molecule has 2 fully saturated rings. The summed E-state index contributed by atoms with van der Waals surface area (Å²) in [6.07, 6.45) is 2.21. The van der Waals surface area contributed by atoms with Crippen LogP contribution in [0.5, 0.6) is 0 Å². The lowest BCUT2D eigenvalue weighted by molar-refractivity contribution is -0.165. The summed E-state index contributed by atoms with van der Waals surface area (Å²) in [5.41, 5.74) is 1.24. The molecule has 1 heterocycles. The minimum Gasteiger partial charge on any atom is -0.479 e. The van der Waals surface area contributed by atoms with Crippen molar-refractivity contribution in [2.45, 2.75) is 56.9 Å². The van der Waals surface area contributed by atoms with Crippen molar-refractivity contribution in [2.24, 2.45) is 5.92 Å². The number of benzene rings is 1. The predicted octanol–water partition coefficient (Wildman–Crippen LogP) is 2.22. The van der Waals surface area contributed by atoms with Crippen molar-refractivity contribution in [2.75, 3.05) is 19.6 Å². The fraction of sp³-hybridized carbons (Fsp3) is 0.619. The summed E-state index contributed by atoms with van der Waals surface area (Å²) in [7, 11) is 0. The molecule has 1 aromatic carbocycles. The maximum Gasteiger partial charge on any atom is 0.335 e. The molecule has 0 aromatic heterocycles. The number of aliphatic hydroxyl groups is 2. The zero-order chi connectivity index (χ0) is 23.0. The first kappa shape index (κ1) is 25.8. The van der Waals surface area contributed by atoms with Gasteiger partial charge in [0, 0.05) is 29.2 Å². The van der Waals surface area contributed by atoms with Crippen LogP contribution in [0.4, 0.5) is 0 Å². The van der Waals surface area contributed by atoms with Gasteiger partial charge >= 0.3 is 11.9 Å². The van der Waals surface area contributed by atoms with Gasteiger partial charge in [0.15, 0.2) is 12.2 Å². The summed E-state index contributed by atoms with van der Waals surface area (Å²) in [4.78, 5) is 22.2. The summed E-state index contributed by atoms with van der Waals surface area (Å²) in [5.74, 6) is -2.75. The van der Waals surface area contributed by atoms with Crippen molar-refractivity contribution in [1.82, 2.24) is 10.2 Å². The van der Waals surface area contributed by atoms with Gasteiger partial charge in [-0.15, -0.1) is 0 Å². The average molecular weight is 477 g/mol. The van der Waals surface area contributed by atoms with Crippen molar-refractivity contribution in [3.63, 3.8) is 0 Å². The number of aliphatic hydroxyl groups excluding tert-OH is 2.